The van der Waals surface area contributed by atoms with E-state index in [9.17, 15) is 16.8 Å². The Hall–Kier alpha value is -2.69. The van der Waals surface area contributed by atoms with Gasteiger partial charge in [0.15, 0.2) is 0 Å². The molecule has 0 fully saturated rings. The van der Waals surface area contributed by atoms with Crippen molar-refractivity contribution in [3.63, 3.8) is 0 Å². The van der Waals surface area contributed by atoms with Gasteiger partial charge >= 0.3 is 0 Å². The molecule has 0 saturated heterocycles. The van der Waals surface area contributed by atoms with E-state index in [0.29, 0.717) is 17.8 Å². The summed E-state index contributed by atoms with van der Waals surface area (Å²) in [6.07, 6.45) is 1.51. The Morgan fingerprint density at radius 1 is 0.967 bits per heavy atom. The topological polar surface area (TPSA) is 95.9 Å². The molecule has 1 atom stereocenters. The van der Waals surface area contributed by atoms with Crippen LogP contribution in [0.1, 0.15) is 22.9 Å². The number of anilines is 1. The van der Waals surface area contributed by atoms with Gasteiger partial charge in [0.25, 0.3) is 10.0 Å². The first kappa shape index (κ1) is 20.6. The third-order valence-corrected chi connectivity index (χ3v) is 7.83. The van der Waals surface area contributed by atoms with Crippen LogP contribution in [0.15, 0.2) is 82.1 Å². The number of benzene rings is 2. The standard InChI is InChI=1S/C20H19N3O4S3/c1-29(24,25)22-16-11-9-15(10-12-16)18-14-19(20-8-5-13-28-20)23(21-18)30(26,27)17-6-3-2-4-7-17/h2-13,19,22H,14H2,1H3/t19-/m0/s1. The summed E-state index contributed by atoms with van der Waals surface area (Å²) in [7, 11) is -7.20. The van der Waals surface area contributed by atoms with Crippen molar-refractivity contribution in [1.29, 1.82) is 0 Å². The summed E-state index contributed by atoms with van der Waals surface area (Å²) < 4.78 is 52.9. The van der Waals surface area contributed by atoms with Crippen LogP contribution in [0, 0.1) is 0 Å². The Balaban J connectivity index is 1.71. The predicted octanol–water partition coefficient (Wildman–Crippen LogP) is 3.66. The molecule has 0 amide bonds. The first-order chi connectivity index (χ1) is 14.2. The summed E-state index contributed by atoms with van der Waals surface area (Å²) in [5.74, 6) is 0. The summed E-state index contributed by atoms with van der Waals surface area (Å²) in [5, 5.41) is 6.39. The number of rotatable bonds is 6. The van der Waals surface area contributed by atoms with Crippen molar-refractivity contribution in [2.24, 2.45) is 5.10 Å². The van der Waals surface area contributed by atoms with Crippen LogP contribution in [0.5, 0.6) is 0 Å². The minimum atomic E-state index is -3.83. The van der Waals surface area contributed by atoms with E-state index in [0.717, 1.165) is 16.7 Å². The normalized spacial score (nSPS) is 17.0. The van der Waals surface area contributed by atoms with Gasteiger partial charge in [0, 0.05) is 17.0 Å². The van der Waals surface area contributed by atoms with Crippen LogP contribution in [0.2, 0.25) is 0 Å². The Bertz CT molecular complexity index is 1270. The molecule has 156 valence electrons. The van der Waals surface area contributed by atoms with Crippen LogP contribution in [-0.2, 0) is 20.0 Å². The van der Waals surface area contributed by atoms with Crippen molar-refractivity contribution in [3.8, 4) is 0 Å². The van der Waals surface area contributed by atoms with Crippen LogP contribution in [0.25, 0.3) is 0 Å². The molecule has 10 heteroatoms. The Labute approximate surface area is 179 Å². The van der Waals surface area contributed by atoms with Gasteiger partial charge in [0.05, 0.1) is 16.9 Å². The molecule has 2 aromatic carbocycles. The second-order valence-electron chi connectivity index (χ2n) is 6.82. The molecular formula is C20H19N3O4S3. The summed E-state index contributed by atoms with van der Waals surface area (Å²) in [6, 6.07) is 18.3. The van der Waals surface area contributed by atoms with E-state index in [-0.39, 0.29) is 4.90 Å². The fourth-order valence-corrected chi connectivity index (χ4v) is 6.11. The van der Waals surface area contributed by atoms with Crippen molar-refractivity contribution in [2.75, 3.05) is 11.0 Å². The molecular weight excluding hydrogens is 442 g/mol. The minimum Gasteiger partial charge on any atom is -0.284 e. The number of hydrazone groups is 1. The highest BCUT2D eigenvalue weighted by Gasteiger charge is 2.38. The van der Waals surface area contributed by atoms with E-state index in [1.165, 1.54) is 15.8 Å². The molecule has 3 aromatic rings. The van der Waals surface area contributed by atoms with Crippen molar-refractivity contribution >= 4 is 42.8 Å². The van der Waals surface area contributed by atoms with Gasteiger partial charge in [-0.15, -0.1) is 11.3 Å². The van der Waals surface area contributed by atoms with Crippen molar-refractivity contribution < 1.29 is 16.8 Å². The highest BCUT2D eigenvalue weighted by Crippen LogP contribution is 2.38. The molecule has 0 radical (unpaired) electrons. The fourth-order valence-electron chi connectivity index (χ4n) is 3.22. The Morgan fingerprint density at radius 3 is 2.27 bits per heavy atom. The molecule has 1 aromatic heterocycles. The summed E-state index contributed by atoms with van der Waals surface area (Å²) >= 11 is 1.49. The van der Waals surface area contributed by atoms with Crippen LogP contribution >= 0.6 is 11.3 Å². The molecule has 4 rings (SSSR count). The fraction of sp³-hybridized carbons (Fsp3) is 0.150. The third-order valence-electron chi connectivity index (χ3n) is 4.55. The predicted molar refractivity (Wildman–Crippen MR) is 119 cm³/mol. The average Bonchev–Trinajstić information content (AvgIpc) is 3.38. The molecule has 1 N–H and O–H groups in total. The lowest BCUT2D eigenvalue weighted by molar-refractivity contribution is 0.375. The van der Waals surface area contributed by atoms with Crippen LogP contribution in [0.3, 0.4) is 0 Å². The Morgan fingerprint density at radius 2 is 1.67 bits per heavy atom. The zero-order chi connectivity index (χ0) is 21.4. The van der Waals surface area contributed by atoms with Gasteiger partial charge in [-0.3, -0.25) is 4.72 Å². The van der Waals surface area contributed by atoms with Crippen molar-refractivity contribution in [1.82, 2.24) is 4.41 Å². The van der Waals surface area contributed by atoms with Crippen LogP contribution < -0.4 is 4.72 Å². The number of sulfonamides is 2. The smallest absolute Gasteiger partial charge is 0.279 e. The first-order valence-corrected chi connectivity index (χ1v) is 13.2. The lowest BCUT2D eigenvalue weighted by Gasteiger charge is -2.22. The summed E-state index contributed by atoms with van der Waals surface area (Å²) in [4.78, 5) is 1.09. The van der Waals surface area contributed by atoms with Crippen molar-refractivity contribution in [3.05, 3.63) is 82.6 Å². The molecule has 30 heavy (non-hydrogen) atoms. The van der Waals surface area contributed by atoms with Crippen molar-refractivity contribution in [2.45, 2.75) is 17.4 Å². The van der Waals surface area contributed by atoms with E-state index in [2.05, 4.69) is 9.82 Å². The maximum atomic E-state index is 13.3. The largest absolute Gasteiger partial charge is 0.284 e. The van der Waals surface area contributed by atoms with Gasteiger partial charge < -0.3 is 0 Å². The van der Waals surface area contributed by atoms with E-state index in [1.807, 2.05) is 17.5 Å². The quantitative estimate of drug-likeness (QED) is 0.606. The van der Waals surface area contributed by atoms with Gasteiger partial charge in [-0.1, -0.05) is 36.4 Å². The third kappa shape index (κ3) is 4.25. The highest BCUT2D eigenvalue weighted by atomic mass is 32.2. The lowest BCUT2D eigenvalue weighted by atomic mass is 10.0. The molecule has 1 aliphatic heterocycles. The average molecular weight is 462 g/mol. The van der Waals surface area contributed by atoms with E-state index >= 15 is 0 Å². The monoisotopic (exact) mass is 461 g/mol. The molecule has 1 aliphatic rings. The summed E-state index contributed by atoms with van der Waals surface area (Å²) in [5.41, 5.74) is 1.79. The number of nitrogens with one attached hydrogen (secondary N) is 1. The van der Waals surface area contributed by atoms with Gasteiger partial charge in [-0.05, 0) is 41.3 Å². The highest BCUT2D eigenvalue weighted by molar-refractivity contribution is 7.92. The number of hydrogen-bond donors (Lipinski definition) is 1. The Kier molecular flexibility index (Phi) is 5.39. The molecule has 0 unspecified atom stereocenters. The maximum absolute atomic E-state index is 13.3. The van der Waals surface area contributed by atoms with Gasteiger partial charge in [0.2, 0.25) is 10.0 Å². The number of nitrogens with zero attached hydrogens (tertiary/aromatic N) is 2. The second kappa shape index (κ2) is 7.86. The van der Waals surface area contributed by atoms with Gasteiger partial charge in [-0.25, -0.2) is 8.42 Å². The zero-order valence-electron chi connectivity index (χ0n) is 16.0. The maximum Gasteiger partial charge on any atom is 0.279 e. The molecule has 0 saturated carbocycles. The number of hydrogen-bond acceptors (Lipinski definition) is 6. The van der Waals surface area contributed by atoms with Gasteiger partial charge in [0.1, 0.15) is 6.04 Å². The minimum absolute atomic E-state index is 0.184. The second-order valence-corrected chi connectivity index (χ2v) is 11.3. The van der Waals surface area contributed by atoms with E-state index in [1.54, 1.807) is 54.6 Å². The van der Waals surface area contributed by atoms with Gasteiger partial charge in [-0.2, -0.15) is 17.9 Å². The molecule has 0 spiro atoms. The first-order valence-electron chi connectivity index (χ1n) is 9.03. The molecule has 2 heterocycles. The molecule has 7 nitrogen and oxygen atoms in total. The zero-order valence-corrected chi connectivity index (χ0v) is 18.4. The van der Waals surface area contributed by atoms with Crippen LogP contribution in [-0.4, -0.2) is 33.2 Å². The lowest BCUT2D eigenvalue weighted by Crippen LogP contribution is -2.26. The SMILES string of the molecule is CS(=O)(=O)Nc1ccc(C2=NN(S(=O)(=O)c3ccccc3)[C@H](c3cccs3)C2)cc1. The number of thiophene rings is 1. The van der Waals surface area contributed by atoms with E-state index < -0.39 is 26.1 Å². The van der Waals surface area contributed by atoms with E-state index in [4.69, 9.17) is 0 Å². The molecule has 0 aliphatic carbocycles. The van der Waals surface area contributed by atoms with Crippen LogP contribution in [0.4, 0.5) is 5.69 Å². The molecule has 0 bridgehead atoms. The summed E-state index contributed by atoms with van der Waals surface area (Å²) in [6.45, 7) is 0.